The summed E-state index contributed by atoms with van der Waals surface area (Å²) in [6.45, 7) is 4.42. The molecular weight excluding hydrogens is 354 g/mol. The Kier molecular flexibility index (Phi) is 6.11. The summed E-state index contributed by atoms with van der Waals surface area (Å²) in [5, 5.41) is 20.1. The molecule has 10 heteroatoms. The van der Waals surface area contributed by atoms with Crippen LogP contribution in [-0.4, -0.2) is 40.2 Å². The van der Waals surface area contributed by atoms with Crippen molar-refractivity contribution in [2.45, 2.75) is 27.3 Å². The number of aromatic nitrogens is 2. The summed E-state index contributed by atoms with van der Waals surface area (Å²) in [7, 11) is 1.50. The van der Waals surface area contributed by atoms with Crippen LogP contribution in [0.15, 0.2) is 18.2 Å². The van der Waals surface area contributed by atoms with Crippen LogP contribution in [0.4, 0.5) is 11.4 Å². The van der Waals surface area contributed by atoms with Gasteiger partial charge in [0, 0.05) is 0 Å². The van der Waals surface area contributed by atoms with Crippen LogP contribution in [-0.2, 0) is 16.1 Å². The highest BCUT2D eigenvalue weighted by molar-refractivity contribution is 5.95. The zero-order valence-corrected chi connectivity index (χ0v) is 15.5. The van der Waals surface area contributed by atoms with Gasteiger partial charge in [-0.1, -0.05) is 6.07 Å². The van der Waals surface area contributed by atoms with Gasteiger partial charge in [0.1, 0.15) is 23.7 Å². The molecule has 2 amide bonds. The largest absolute Gasteiger partial charge is 0.495 e. The Morgan fingerprint density at radius 2 is 1.96 bits per heavy atom. The number of aryl methyl sites for hydroxylation is 2. The van der Waals surface area contributed by atoms with Crippen molar-refractivity contribution in [1.82, 2.24) is 15.1 Å². The second-order valence-corrected chi connectivity index (χ2v) is 5.96. The number of methoxy groups -OCH3 is 1. The maximum Gasteiger partial charge on any atom is 0.312 e. The molecule has 1 heterocycles. The van der Waals surface area contributed by atoms with E-state index in [-0.39, 0.29) is 30.2 Å². The van der Waals surface area contributed by atoms with Gasteiger partial charge in [-0.05, 0) is 38.5 Å². The van der Waals surface area contributed by atoms with Crippen molar-refractivity contribution in [1.29, 1.82) is 0 Å². The van der Waals surface area contributed by atoms with Crippen LogP contribution in [0.1, 0.15) is 17.0 Å². The molecule has 0 spiro atoms. The van der Waals surface area contributed by atoms with Gasteiger partial charge in [0.2, 0.25) is 11.8 Å². The number of nitrogens with zero attached hydrogens (tertiary/aromatic N) is 3. The molecule has 0 atom stereocenters. The van der Waals surface area contributed by atoms with Crippen LogP contribution in [0.2, 0.25) is 0 Å². The van der Waals surface area contributed by atoms with Gasteiger partial charge in [-0.2, -0.15) is 5.10 Å². The number of rotatable bonds is 7. The zero-order valence-electron chi connectivity index (χ0n) is 15.5. The van der Waals surface area contributed by atoms with Crippen molar-refractivity contribution >= 4 is 23.2 Å². The first-order valence-electron chi connectivity index (χ1n) is 8.12. The fourth-order valence-electron chi connectivity index (χ4n) is 2.59. The predicted molar refractivity (Wildman–Crippen MR) is 97.7 cm³/mol. The standard InChI is InChI=1S/C17H21N5O5/c1-10-5-6-14(27-4)13(7-10)19-15(23)8-18-16(24)9-21-12(3)17(22(25)26)11(2)20-21/h5-7H,8-9H2,1-4H3,(H,18,24)(H,19,23). The van der Waals surface area contributed by atoms with E-state index in [1.165, 1.54) is 25.6 Å². The van der Waals surface area contributed by atoms with E-state index in [0.717, 1.165) is 5.56 Å². The van der Waals surface area contributed by atoms with E-state index < -0.39 is 16.7 Å². The molecule has 0 saturated heterocycles. The zero-order chi connectivity index (χ0) is 20.1. The maximum atomic E-state index is 12.1. The lowest BCUT2D eigenvalue weighted by atomic mass is 10.2. The first-order valence-corrected chi connectivity index (χ1v) is 8.12. The number of anilines is 1. The molecule has 144 valence electrons. The highest BCUT2D eigenvalue weighted by Crippen LogP contribution is 2.25. The van der Waals surface area contributed by atoms with E-state index in [0.29, 0.717) is 11.4 Å². The minimum atomic E-state index is -0.533. The Morgan fingerprint density at radius 3 is 2.56 bits per heavy atom. The minimum Gasteiger partial charge on any atom is -0.495 e. The van der Waals surface area contributed by atoms with Gasteiger partial charge >= 0.3 is 5.69 Å². The number of benzene rings is 1. The summed E-state index contributed by atoms with van der Waals surface area (Å²) in [5.74, 6) is -0.399. The lowest BCUT2D eigenvalue weighted by Crippen LogP contribution is -2.35. The van der Waals surface area contributed by atoms with Gasteiger partial charge in [-0.3, -0.25) is 24.4 Å². The molecule has 2 rings (SSSR count). The quantitative estimate of drug-likeness (QED) is 0.557. The van der Waals surface area contributed by atoms with Crippen molar-refractivity contribution in [2.75, 3.05) is 19.0 Å². The van der Waals surface area contributed by atoms with E-state index in [4.69, 9.17) is 4.74 Å². The molecule has 0 unspecified atom stereocenters. The third-order valence-corrected chi connectivity index (χ3v) is 3.89. The lowest BCUT2D eigenvalue weighted by molar-refractivity contribution is -0.386. The third kappa shape index (κ3) is 4.81. The second-order valence-electron chi connectivity index (χ2n) is 5.96. The average Bonchev–Trinajstić information content (AvgIpc) is 2.87. The molecule has 0 radical (unpaired) electrons. The molecule has 27 heavy (non-hydrogen) atoms. The SMILES string of the molecule is COc1ccc(C)cc1NC(=O)CNC(=O)Cn1nc(C)c([N+](=O)[O-])c1C. The number of hydrogen-bond donors (Lipinski definition) is 2. The summed E-state index contributed by atoms with van der Waals surface area (Å²) in [5.41, 5.74) is 1.84. The van der Waals surface area contributed by atoms with Crippen molar-refractivity contribution in [3.05, 3.63) is 45.3 Å². The van der Waals surface area contributed by atoms with E-state index in [2.05, 4.69) is 15.7 Å². The molecule has 0 aliphatic rings. The van der Waals surface area contributed by atoms with E-state index in [1.54, 1.807) is 12.1 Å². The predicted octanol–water partition coefficient (Wildman–Crippen LogP) is 1.48. The van der Waals surface area contributed by atoms with Crippen molar-refractivity contribution < 1.29 is 19.2 Å². The van der Waals surface area contributed by atoms with Crippen LogP contribution in [0.3, 0.4) is 0 Å². The second kappa shape index (κ2) is 8.30. The number of nitrogens with one attached hydrogen (secondary N) is 2. The Labute approximate surface area is 155 Å². The summed E-state index contributed by atoms with van der Waals surface area (Å²) in [6, 6.07) is 5.34. The van der Waals surface area contributed by atoms with E-state index >= 15 is 0 Å². The smallest absolute Gasteiger partial charge is 0.312 e. The Balaban J connectivity index is 1.94. The molecule has 0 fully saturated rings. The van der Waals surface area contributed by atoms with Crippen LogP contribution in [0.25, 0.3) is 0 Å². The average molecular weight is 375 g/mol. The molecule has 0 aliphatic carbocycles. The van der Waals surface area contributed by atoms with Crippen LogP contribution < -0.4 is 15.4 Å². The fourth-order valence-corrected chi connectivity index (χ4v) is 2.59. The highest BCUT2D eigenvalue weighted by atomic mass is 16.6. The van der Waals surface area contributed by atoms with Crippen molar-refractivity contribution in [3.63, 3.8) is 0 Å². The molecule has 1 aromatic heterocycles. The molecule has 10 nitrogen and oxygen atoms in total. The fraction of sp³-hybridized carbons (Fsp3) is 0.353. The van der Waals surface area contributed by atoms with Gasteiger partial charge in [0.25, 0.3) is 0 Å². The van der Waals surface area contributed by atoms with Crippen LogP contribution in [0.5, 0.6) is 5.75 Å². The van der Waals surface area contributed by atoms with Gasteiger partial charge in [-0.15, -0.1) is 0 Å². The molecule has 0 aliphatic heterocycles. The normalized spacial score (nSPS) is 10.4. The topological polar surface area (TPSA) is 128 Å². The summed E-state index contributed by atoms with van der Waals surface area (Å²) < 4.78 is 6.42. The molecule has 0 bridgehead atoms. The molecule has 2 aromatic rings. The van der Waals surface area contributed by atoms with Crippen LogP contribution >= 0.6 is 0 Å². The number of hydrogen-bond acceptors (Lipinski definition) is 6. The first kappa shape index (κ1) is 19.9. The summed E-state index contributed by atoms with van der Waals surface area (Å²) in [4.78, 5) is 34.6. The van der Waals surface area contributed by atoms with E-state index in [9.17, 15) is 19.7 Å². The number of amides is 2. The minimum absolute atomic E-state index is 0.118. The van der Waals surface area contributed by atoms with Crippen molar-refractivity contribution in [3.8, 4) is 5.75 Å². The molecule has 1 aromatic carbocycles. The maximum absolute atomic E-state index is 12.1. The monoisotopic (exact) mass is 375 g/mol. The number of carbonyl (C=O) groups is 2. The first-order chi connectivity index (χ1) is 12.7. The number of nitro groups is 1. The third-order valence-electron chi connectivity index (χ3n) is 3.89. The summed E-state index contributed by atoms with van der Waals surface area (Å²) in [6.07, 6.45) is 0. The van der Waals surface area contributed by atoms with Gasteiger partial charge < -0.3 is 15.4 Å². The van der Waals surface area contributed by atoms with Gasteiger partial charge in [0.15, 0.2) is 0 Å². The van der Waals surface area contributed by atoms with Crippen molar-refractivity contribution in [2.24, 2.45) is 0 Å². The molecular formula is C17H21N5O5. The van der Waals surface area contributed by atoms with E-state index in [1.807, 2.05) is 13.0 Å². The van der Waals surface area contributed by atoms with Crippen LogP contribution in [0, 0.1) is 30.9 Å². The summed E-state index contributed by atoms with van der Waals surface area (Å²) >= 11 is 0. The van der Waals surface area contributed by atoms with Gasteiger partial charge in [0.05, 0.1) is 24.3 Å². The Hall–Kier alpha value is -3.43. The Bertz CT molecular complexity index is 890. The van der Waals surface area contributed by atoms with Gasteiger partial charge in [-0.25, -0.2) is 0 Å². The number of carbonyl (C=O) groups excluding carboxylic acids is 2. The lowest BCUT2D eigenvalue weighted by Gasteiger charge is -2.11. The Morgan fingerprint density at radius 1 is 1.26 bits per heavy atom. The number of ether oxygens (including phenoxy) is 1. The molecule has 0 saturated carbocycles. The molecule has 2 N–H and O–H groups in total. The highest BCUT2D eigenvalue weighted by Gasteiger charge is 2.22.